The third kappa shape index (κ3) is 4.12. The molecule has 0 aromatic rings. The van der Waals surface area contributed by atoms with Crippen LogP contribution in [0, 0.1) is 17.8 Å². The first kappa shape index (κ1) is 16.5. The van der Waals surface area contributed by atoms with Gasteiger partial charge in [-0.2, -0.15) is 0 Å². The van der Waals surface area contributed by atoms with E-state index in [1.807, 2.05) is 0 Å². The van der Waals surface area contributed by atoms with Gasteiger partial charge in [-0.3, -0.25) is 14.4 Å². The van der Waals surface area contributed by atoms with E-state index in [0.29, 0.717) is 18.6 Å². The first-order chi connectivity index (χ1) is 11.1. The van der Waals surface area contributed by atoms with Crippen LogP contribution < -0.4 is 5.32 Å². The fourth-order valence-electron chi connectivity index (χ4n) is 4.44. The fraction of sp³-hybridized carbons (Fsp3) is 0.833. The van der Waals surface area contributed by atoms with Crippen molar-refractivity contribution in [3.63, 3.8) is 0 Å². The van der Waals surface area contributed by atoms with Crippen molar-refractivity contribution in [2.75, 3.05) is 6.61 Å². The summed E-state index contributed by atoms with van der Waals surface area (Å²) in [5.74, 6) is -0.279. The highest BCUT2D eigenvalue weighted by Crippen LogP contribution is 2.40. The first-order valence-electron chi connectivity index (χ1n) is 9.13. The number of Topliss-reactive ketones (excluding diaryl/α,β-unsaturated/α-hetero) is 1. The number of fused-ring (bicyclic) bond motifs is 2. The van der Waals surface area contributed by atoms with Crippen LogP contribution in [0.4, 0.5) is 0 Å². The van der Waals surface area contributed by atoms with Gasteiger partial charge in [-0.25, -0.2) is 0 Å². The van der Waals surface area contributed by atoms with Crippen LogP contribution in [-0.2, 0) is 19.1 Å². The molecule has 0 aromatic carbocycles. The summed E-state index contributed by atoms with van der Waals surface area (Å²) in [7, 11) is 0. The Morgan fingerprint density at radius 3 is 2.26 bits per heavy atom. The van der Waals surface area contributed by atoms with Gasteiger partial charge in [-0.15, -0.1) is 0 Å². The Balaban J connectivity index is 1.42. The van der Waals surface area contributed by atoms with Gasteiger partial charge in [0.1, 0.15) is 5.78 Å². The van der Waals surface area contributed by atoms with Crippen LogP contribution in [0.1, 0.15) is 64.2 Å². The summed E-state index contributed by atoms with van der Waals surface area (Å²) in [5.41, 5.74) is 0. The highest BCUT2D eigenvalue weighted by Gasteiger charge is 2.41. The number of hydrogen-bond donors (Lipinski definition) is 1. The summed E-state index contributed by atoms with van der Waals surface area (Å²) in [5, 5.41) is 2.95. The largest absolute Gasteiger partial charge is 0.455 e. The third-order valence-electron chi connectivity index (χ3n) is 5.70. The molecule has 1 amide bonds. The minimum atomic E-state index is -0.298. The standard InChI is InChI=1S/C18H27NO4/c20-16(19-15-7-2-1-3-8-15)11-23-18(22)14-9-12-5-4-6-13(10-14)17(12)21/h12-15H,1-11H2,(H,19,20)/t12-,13+,14?. The summed E-state index contributed by atoms with van der Waals surface area (Å²) in [6.45, 7) is -0.185. The topological polar surface area (TPSA) is 72.5 Å². The summed E-state index contributed by atoms with van der Waals surface area (Å²) < 4.78 is 5.22. The fourth-order valence-corrected chi connectivity index (χ4v) is 4.44. The Morgan fingerprint density at radius 1 is 0.957 bits per heavy atom. The molecule has 1 unspecified atom stereocenters. The zero-order chi connectivity index (χ0) is 16.2. The molecule has 128 valence electrons. The third-order valence-corrected chi connectivity index (χ3v) is 5.70. The van der Waals surface area contributed by atoms with Crippen molar-refractivity contribution in [3.05, 3.63) is 0 Å². The van der Waals surface area contributed by atoms with Crippen LogP contribution in [0.15, 0.2) is 0 Å². The van der Waals surface area contributed by atoms with E-state index in [2.05, 4.69) is 5.32 Å². The van der Waals surface area contributed by atoms with E-state index in [9.17, 15) is 14.4 Å². The lowest BCUT2D eigenvalue weighted by Crippen LogP contribution is -2.41. The monoisotopic (exact) mass is 321 g/mol. The Bertz CT molecular complexity index is 454. The molecule has 2 bridgehead atoms. The number of carbonyl (C=O) groups excluding carboxylic acids is 3. The minimum Gasteiger partial charge on any atom is -0.455 e. The molecule has 1 N–H and O–H groups in total. The molecular formula is C18H27NO4. The molecule has 3 saturated carbocycles. The van der Waals surface area contributed by atoms with E-state index < -0.39 is 0 Å². The van der Waals surface area contributed by atoms with Crippen LogP contribution in [-0.4, -0.2) is 30.3 Å². The summed E-state index contributed by atoms with van der Waals surface area (Å²) >= 11 is 0. The molecule has 5 nitrogen and oxygen atoms in total. The maximum atomic E-state index is 12.2. The van der Waals surface area contributed by atoms with E-state index in [1.54, 1.807) is 0 Å². The molecule has 0 heterocycles. The molecule has 0 radical (unpaired) electrons. The maximum Gasteiger partial charge on any atom is 0.309 e. The van der Waals surface area contributed by atoms with Gasteiger partial charge in [0.25, 0.3) is 5.91 Å². The minimum absolute atomic E-state index is 0.0381. The average molecular weight is 321 g/mol. The van der Waals surface area contributed by atoms with Crippen LogP contribution in [0.5, 0.6) is 0 Å². The number of carbonyl (C=O) groups is 3. The second-order valence-corrected chi connectivity index (χ2v) is 7.41. The lowest BCUT2D eigenvalue weighted by atomic mass is 9.67. The molecule has 3 atom stereocenters. The van der Waals surface area contributed by atoms with Crippen molar-refractivity contribution in [2.24, 2.45) is 17.8 Å². The van der Waals surface area contributed by atoms with Gasteiger partial charge in [-0.05, 0) is 38.5 Å². The molecule has 3 aliphatic rings. The number of ketones is 1. The van der Waals surface area contributed by atoms with Crippen molar-refractivity contribution >= 4 is 17.7 Å². The van der Waals surface area contributed by atoms with Crippen molar-refractivity contribution in [2.45, 2.75) is 70.3 Å². The van der Waals surface area contributed by atoms with Crippen molar-refractivity contribution in [3.8, 4) is 0 Å². The molecule has 23 heavy (non-hydrogen) atoms. The lowest BCUT2D eigenvalue weighted by Gasteiger charge is -2.36. The normalized spacial score (nSPS) is 31.5. The second kappa shape index (κ2) is 7.45. The molecule has 0 aromatic heterocycles. The van der Waals surface area contributed by atoms with Crippen LogP contribution in [0.3, 0.4) is 0 Å². The average Bonchev–Trinajstić information content (AvgIpc) is 2.53. The molecular weight excluding hydrogens is 294 g/mol. The van der Waals surface area contributed by atoms with Crippen LogP contribution in [0.2, 0.25) is 0 Å². The quantitative estimate of drug-likeness (QED) is 0.807. The van der Waals surface area contributed by atoms with E-state index in [0.717, 1.165) is 44.9 Å². The Labute approximate surface area is 137 Å². The number of esters is 1. The maximum absolute atomic E-state index is 12.2. The SMILES string of the molecule is O=C(COC(=O)C1C[C@H]2CCC[C@@H](C1)C2=O)NC1CCCCC1. The van der Waals surface area contributed by atoms with Crippen LogP contribution >= 0.6 is 0 Å². The summed E-state index contributed by atoms with van der Waals surface area (Å²) in [6.07, 6.45) is 9.71. The lowest BCUT2D eigenvalue weighted by molar-refractivity contribution is -0.156. The molecule has 3 rings (SSSR count). The van der Waals surface area contributed by atoms with E-state index >= 15 is 0 Å². The summed E-state index contributed by atoms with van der Waals surface area (Å²) in [4.78, 5) is 36.2. The molecule has 3 aliphatic carbocycles. The zero-order valence-electron chi connectivity index (χ0n) is 13.7. The highest BCUT2D eigenvalue weighted by atomic mass is 16.5. The van der Waals surface area contributed by atoms with E-state index in [4.69, 9.17) is 4.74 Å². The van der Waals surface area contributed by atoms with E-state index in [-0.39, 0.29) is 42.3 Å². The number of hydrogen-bond acceptors (Lipinski definition) is 4. The van der Waals surface area contributed by atoms with E-state index in [1.165, 1.54) is 6.42 Å². The van der Waals surface area contributed by atoms with Gasteiger partial charge >= 0.3 is 5.97 Å². The predicted molar refractivity (Wildman–Crippen MR) is 84.5 cm³/mol. The molecule has 5 heteroatoms. The number of amides is 1. The van der Waals surface area contributed by atoms with Gasteiger partial charge in [0, 0.05) is 17.9 Å². The van der Waals surface area contributed by atoms with Crippen molar-refractivity contribution < 1.29 is 19.1 Å². The molecule has 0 spiro atoms. The number of rotatable bonds is 4. The number of ether oxygens (including phenoxy) is 1. The van der Waals surface area contributed by atoms with Gasteiger partial charge in [-0.1, -0.05) is 25.7 Å². The smallest absolute Gasteiger partial charge is 0.309 e. The van der Waals surface area contributed by atoms with Gasteiger partial charge in [0.15, 0.2) is 6.61 Å². The van der Waals surface area contributed by atoms with Gasteiger partial charge in [0.05, 0.1) is 5.92 Å². The van der Waals surface area contributed by atoms with Crippen LogP contribution in [0.25, 0.3) is 0 Å². The Hall–Kier alpha value is -1.39. The molecule has 0 aliphatic heterocycles. The number of nitrogens with one attached hydrogen (secondary N) is 1. The van der Waals surface area contributed by atoms with Gasteiger partial charge in [0.2, 0.25) is 0 Å². The predicted octanol–water partition coefficient (Wildman–Crippen LogP) is 2.37. The first-order valence-corrected chi connectivity index (χ1v) is 9.13. The van der Waals surface area contributed by atoms with Gasteiger partial charge < -0.3 is 10.1 Å². The Morgan fingerprint density at radius 2 is 1.61 bits per heavy atom. The van der Waals surface area contributed by atoms with Crippen molar-refractivity contribution in [1.29, 1.82) is 0 Å². The Kier molecular flexibility index (Phi) is 5.34. The van der Waals surface area contributed by atoms with Crippen molar-refractivity contribution in [1.82, 2.24) is 5.32 Å². The molecule has 3 fully saturated rings. The highest BCUT2D eigenvalue weighted by molar-refractivity contribution is 5.88. The second-order valence-electron chi connectivity index (χ2n) is 7.41. The molecule has 0 saturated heterocycles. The zero-order valence-corrected chi connectivity index (χ0v) is 13.7. The summed E-state index contributed by atoms with van der Waals surface area (Å²) in [6, 6.07) is 0.238.